The number of rotatable bonds is 5. The van der Waals surface area contributed by atoms with E-state index in [0.29, 0.717) is 12.2 Å². The van der Waals surface area contributed by atoms with Crippen LogP contribution >= 0.6 is 11.3 Å². The number of amides is 1. The molecule has 0 unspecified atom stereocenters. The van der Waals surface area contributed by atoms with Crippen molar-refractivity contribution in [2.45, 2.75) is 6.54 Å². The number of fused-ring (bicyclic) bond motifs is 1. The SMILES string of the molecule is O=C(c1csc(-c2ccccc2)n1)N(Cc1cnc2ccccn12)c1ccccc1. The van der Waals surface area contributed by atoms with Gasteiger partial charge in [0.1, 0.15) is 16.3 Å². The number of pyridine rings is 1. The number of hydrogen-bond acceptors (Lipinski definition) is 4. The Bertz CT molecular complexity index is 1290. The minimum Gasteiger partial charge on any atom is -0.302 e. The minimum atomic E-state index is -0.134. The number of aromatic nitrogens is 3. The minimum absolute atomic E-state index is 0.134. The highest BCUT2D eigenvalue weighted by molar-refractivity contribution is 7.13. The molecule has 0 spiro atoms. The van der Waals surface area contributed by atoms with Gasteiger partial charge in [-0.1, -0.05) is 54.6 Å². The van der Waals surface area contributed by atoms with Crippen molar-refractivity contribution in [3.8, 4) is 10.6 Å². The van der Waals surface area contributed by atoms with Crippen molar-refractivity contribution in [3.05, 3.63) is 108 Å². The Hall–Kier alpha value is -3.77. The number of carbonyl (C=O) groups is 1. The summed E-state index contributed by atoms with van der Waals surface area (Å²) in [6.07, 6.45) is 3.77. The average Bonchev–Trinajstić information content (AvgIpc) is 3.46. The molecule has 0 atom stereocenters. The molecule has 1 amide bonds. The van der Waals surface area contributed by atoms with Crippen molar-refractivity contribution >= 4 is 28.6 Å². The Labute approximate surface area is 177 Å². The molecule has 0 N–H and O–H groups in total. The summed E-state index contributed by atoms with van der Waals surface area (Å²) in [6.45, 7) is 0.395. The Morgan fingerprint density at radius 2 is 1.67 bits per heavy atom. The lowest BCUT2D eigenvalue weighted by Crippen LogP contribution is -2.31. The van der Waals surface area contributed by atoms with E-state index in [4.69, 9.17) is 0 Å². The lowest BCUT2D eigenvalue weighted by Gasteiger charge is -2.22. The van der Waals surface area contributed by atoms with E-state index >= 15 is 0 Å². The highest BCUT2D eigenvalue weighted by Crippen LogP contribution is 2.26. The molecule has 0 aliphatic rings. The number of carbonyl (C=O) groups excluding carboxylic acids is 1. The van der Waals surface area contributed by atoms with Crippen LogP contribution in [0.1, 0.15) is 16.2 Å². The first-order valence-corrected chi connectivity index (χ1v) is 10.5. The van der Waals surface area contributed by atoms with E-state index < -0.39 is 0 Å². The molecule has 146 valence electrons. The predicted octanol–water partition coefficient (Wildman–Crippen LogP) is 5.30. The first kappa shape index (κ1) is 18.3. The second-order valence-corrected chi connectivity index (χ2v) is 7.67. The van der Waals surface area contributed by atoms with Gasteiger partial charge in [-0.15, -0.1) is 11.3 Å². The normalized spacial score (nSPS) is 10.9. The number of nitrogens with zero attached hydrogens (tertiary/aromatic N) is 4. The summed E-state index contributed by atoms with van der Waals surface area (Å²) in [5.41, 5.74) is 4.06. The fourth-order valence-electron chi connectivity index (χ4n) is 3.38. The molecular formula is C24H18N4OS. The maximum Gasteiger partial charge on any atom is 0.278 e. The predicted molar refractivity (Wildman–Crippen MR) is 120 cm³/mol. The molecule has 30 heavy (non-hydrogen) atoms. The van der Waals surface area contributed by atoms with E-state index in [1.807, 2.05) is 101 Å². The van der Waals surface area contributed by atoms with Crippen molar-refractivity contribution in [2.24, 2.45) is 0 Å². The molecule has 0 bridgehead atoms. The van der Waals surface area contributed by atoms with Crippen molar-refractivity contribution in [1.82, 2.24) is 14.4 Å². The maximum atomic E-state index is 13.5. The van der Waals surface area contributed by atoms with E-state index in [1.54, 1.807) is 4.90 Å². The molecule has 0 aliphatic carbocycles. The van der Waals surface area contributed by atoms with Gasteiger partial charge in [0, 0.05) is 22.8 Å². The molecule has 6 heteroatoms. The van der Waals surface area contributed by atoms with Gasteiger partial charge in [-0.25, -0.2) is 9.97 Å². The number of para-hydroxylation sites is 1. The largest absolute Gasteiger partial charge is 0.302 e. The summed E-state index contributed by atoms with van der Waals surface area (Å²) in [4.78, 5) is 24.3. The van der Waals surface area contributed by atoms with Crippen LogP contribution in [-0.4, -0.2) is 20.3 Å². The van der Waals surface area contributed by atoms with Crippen LogP contribution in [0.3, 0.4) is 0 Å². The summed E-state index contributed by atoms with van der Waals surface area (Å²) in [6, 6.07) is 25.4. The van der Waals surface area contributed by atoms with Crippen molar-refractivity contribution < 1.29 is 4.79 Å². The highest BCUT2D eigenvalue weighted by Gasteiger charge is 2.22. The van der Waals surface area contributed by atoms with Crippen molar-refractivity contribution in [2.75, 3.05) is 4.90 Å². The number of benzene rings is 2. The number of imidazole rings is 1. The van der Waals surface area contributed by atoms with Gasteiger partial charge in [0.2, 0.25) is 0 Å². The molecule has 0 fully saturated rings. The first-order valence-electron chi connectivity index (χ1n) is 9.58. The van der Waals surface area contributed by atoms with Gasteiger partial charge in [-0.2, -0.15) is 0 Å². The van der Waals surface area contributed by atoms with Crippen LogP contribution in [0.15, 0.2) is 96.6 Å². The number of anilines is 1. The lowest BCUT2D eigenvalue weighted by atomic mass is 10.2. The molecular weight excluding hydrogens is 392 g/mol. The summed E-state index contributed by atoms with van der Waals surface area (Å²) in [7, 11) is 0. The maximum absolute atomic E-state index is 13.5. The lowest BCUT2D eigenvalue weighted by molar-refractivity contribution is 0.0980. The summed E-state index contributed by atoms with van der Waals surface area (Å²) in [5.74, 6) is -0.134. The van der Waals surface area contributed by atoms with Gasteiger partial charge in [0.25, 0.3) is 5.91 Å². The summed E-state index contributed by atoms with van der Waals surface area (Å²) >= 11 is 1.48. The third-order valence-electron chi connectivity index (χ3n) is 4.87. The molecule has 2 aromatic carbocycles. The highest BCUT2D eigenvalue weighted by atomic mass is 32.1. The van der Waals surface area contributed by atoms with Crippen LogP contribution in [0, 0.1) is 0 Å². The van der Waals surface area contributed by atoms with Gasteiger partial charge in [-0.3, -0.25) is 4.79 Å². The Balaban J connectivity index is 1.51. The summed E-state index contributed by atoms with van der Waals surface area (Å²) < 4.78 is 2.00. The van der Waals surface area contributed by atoms with Gasteiger partial charge in [0.15, 0.2) is 0 Å². The fourth-order valence-corrected chi connectivity index (χ4v) is 4.18. The van der Waals surface area contributed by atoms with E-state index in [0.717, 1.165) is 27.6 Å². The topological polar surface area (TPSA) is 50.5 Å². The van der Waals surface area contributed by atoms with Crippen LogP contribution in [0.2, 0.25) is 0 Å². The second kappa shape index (κ2) is 7.93. The molecule has 3 heterocycles. The molecule has 0 radical (unpaired) electrons. The Morgan fingerprint density at radius 1 is 0.933 bits per heavy atom. The summed E-state index contributed by atoms with van der Waals surface area (Å²) in [5, 5.41) is 2.66. The monoisotopic (exact) mass is 410 g/mol. The zero-order valence-corrected chi connectivity index (χ0v) is 16.9. The van der Waals surface area contributed by atoms with Gasteiger partial charge in [0.05, 0.1) is 18.4 Å². The van der Waals surface area contributed by atoms with Crippen molar-refractivity contribution in [1.29, 1.82) is 0 Å². The molecule has 0 aliphatic heterocycles. The van der Waals surface area contributed by atoms with Crippen LogP contribution in [-0.2, 0) is 6.54 Å². The molecule has 5 aromatic rings. The quantitative estimate of drug-likeness (QED) is 0.395. The van der Waals surface area contributed by atoms with Gasteiger partial charge < -0.3 is 9.30 Å². The first-order chi connectivity index (χ1) is 14.8. The number of hydrogen-bond donors (Lipinski definition) is 0. The van der Waals surface area contributed by atoms with Crippen LogP contribution in [0.4, 0.5) is 5.69 Å². The van der Waals surface area contributed by atoms with Crippen molar-refractivity contribution in [3.63, 3.8) is 0 Å². The van der Waals surface area contributed by atoms with Crippen LogP contribution < -0.4 is 4.90 Å². The molecule has 5 rings (SSSR count). The third kappa shape index (κ3) is 3.49. The van der Waals surface area contributed by atoms with Crippen LogP contribution in [0.5, 0.6) is 0 Å². The molecule has 5 nitrogen and oxygen atoms in total. The van der Waals surface area contributed by atoms with Gasteiger partial charge in [-0.05, 0) is 24.3 Å². The van der Waals surface area contributed by atoms with E-state index in [1.165, 1.54) is 11.3 Å². The smallest absolute Gasteiger partial charge is 0.278 e. The molecule has 0 saturated heterocycles. The van der Waals surface area contributed by atoms with E-state index in [9.17, 15) is 4.79 Å². The second-order valence-electron chi connectivity index (χ2n) is 6.81. The third-order valence-corrected chi connectivity index (χ3v) is 5.76. The number of thiazole rings is 1. The van der Waals surface area contributed by atoms with E-state index in [-0.39, 0.29) is 5.91 Å². The molecule has 0 saturated carbocycles. The molecule has 3 aromatic heterocycles. The van der Waals surface area contributed by atoms with E-state index in [2.05, 4.69) is 9.97 Å². The zero-order valence-electron chi connectivity index (χ0n) is 16.1. The van der Waals surface area contributed by atoms with Gasteiger partial charge >= 0.3 is 0 Å². The average molecular weight is 411 g/mol. The Morgan fingerprint density at radius 3 is 2.47 bits per heavy atom. The standard InChI is InChI=1S/C24H18N4OS/c29-24(21-17-30-23(26-21)18-9-3-1-4-10-18)28(19-11-5-2-6-12-19)16-20-15-25-22-13-7-8-14-27(20)22/h1-15,17H,16H2. The fraction of sp³-hybridized carbons (Fsp3) is 0.0417. The Kier molecular flexibility index (Phi) is 4.83. The zero-order chi connectivity index (χ0) is 20.3. The van der Waals surface area contributed by atoms with Crippen LogP contribution in [0.25, 0.3) is 16.2 Å².